The molecule has 5 aliphatic rings. The Hall–Kier alpha value is -3.03. The van der Waals surface area contributed by atoms with Crippen molar-refractivity contribution in [3.05, 3.63) is 48.6 Å². The molecule has 1 aromatic carbocycles. The molecular formula is C51H79NO15. The average molecular weight is 946 g/mol. The van der Waals surface area contributed by atoms with E-state index in [0.29, 0.717) is 19.8 Å². The molecule has 7 unspecified atom stereocenters. The monoisotopic (exact) mass is 946 g/mol. The van der Waals surface area contributed by atoms with Crippen LogP contribution in [0.4, 0.5) is 0 Å². The van der Waals surface area contributed by atoms with E-state index in [1.54, 1.807) is 6.08 Å². The van der Waals surface area contributed by atoms with Crippen LogP contribution in [0.15, 0.2) is 43.0 Å². The number of unbranched alkanes of at least 4 members (excludes halogenated alkanes) is 3. The molecule has 3 saturated heterocycles. The van der Waals surface area contributed by atoms with Crippen LogP contribution in [0, 0.1) is 17.8 Å². The Labute approximate surface area is 397 Å². The predicted molar refractivity (Wildman–Crippen MR) is 246 cm³/mol. The molecule has 3 N–H and O–H groups in total. The Kier molecular flexibility index (Phi) is 21.3. The van der Waals surface area contributed by atoms with E-state index in [2.05, 4.69) is 32.7 Å². The Morgan fingerprint density at radius 1 is 0.806 bits per heavy atom. The number of ether oxygens (including phenoxy) is 10. The summed E-state index contributed by atoms with van der Waals surface area (Å²) in [6.07, 6.45) is 1.38. The maximum absolute atomic E-state index is 13.2. The lowest BCUT2D eigenvalue weighted by atomic mass is 9.77. The van der Waals surface area contributed by atoms with Gasteiger partial charge in [-0.3, -0.25) is 9.59 Å². The van der Waals surface area contributed by atoms with Gasteiger partial charge in [0, 0.05) is 38.2 Å². The van der Waals surface area contributed by atoms with E-state index in [1.807, 2.05) is 37.3 Å². The number of nitrogens with one attached hydrogen (secondary N) is 1. The Balaban J connectivity index is 1.35. The summed E-state index contributed by atoms with van der Waals surface area (Å²) in [5, 5.41) is 24.2. The summed E-state index contributed by atoms with van der Waals surface area (Å²) in [7, 11) is 0. The van der Waals surface area contributed by atoms with E-state index >= 15 is 0 Å². The maximum atomic E-state index is 13.2. The van der Waals surface area contributed by atoms with E-state index in [-0.39, 0.29) is 31.8 Å². The van der Waals surface area contributed by atoms with Gasteiger partial charge in [0.15, 0.2) is 25.0 Å². The first-order valence-electron chi connectivity index (χ1n) is 25.2. The number of hydrogen-bond acceptors (Lipinski definition) is 13. The second kappa shape index (κ2) is 26.8. The third kappa shape index (κ3) is 14.5. The molecule has 16 nitrogen and oxygen atoms in total. The zero-order valence-corrected chi connectivity index (χ0v) is 40.4. The Bertz CT molecular complexity index is 1660. The van der Waals surface area contributed by atoms with E-state index in [4.69, 9.17) is 47.4 Å². The van der Waals surface area contributed by atoms with Crippen molar-refractivity contribution in [1.82, 2.24) is 5.32 Å². The normalized spacial score (nSPS) is 35.3. The number of fused-ring (bicyclic) bond motifs is 1. The highest BCUT2D eigenvalue weighted by Crippen LogP contribution is 2.42. The summed E-state index contributed by atoms with van der Waals surface area (Å²) in [6.45, 7) is 15.2. The molecule has 3 aliphatic heterocycles. The van der Waals surface area contributed by atoms with Gasteiger partial charge < -0.3 is 62.9 Å². The third-order valence-electron chi connectivity index (χ3n) is 13.9. The summed E-state index contributed by atoms with van der Waals surface area (Å²) in [6, 6.07) is 8.26. The van der Waals surface area contributed by atoms with E-state index in [0.717, 1.165) is 76.2 Å². The number of carboxylic acid groups (broad SMARTS) is 2. The first kappa shape index (κ1) is 53.3. The Morgan fingerprint density at radius 2 is 1.46 bits per heavy atom. The summed E-state index contributed by atoms with van der Waals surface area (Å²) in [5.41, 5.74) is 0.747. The van der Waals surface area contributed by atoms with Gasteiger partial charge in [-0.15, -0.1) is 6.58 Å². The molecule has 0 aromatic heterocycles. The molecule has 0 bridgehead atoms. The van der Waals surface area contributed by atoms with E-state index < -0.39 is 116 Å². The van der Waals surface area contributed by atoms with Crippen molar-refractivity contribution in [2.24, 2.45) is 17.8 Å². The van der Waals surface area contributed by atoms with Gasteiger partial charge in [-0.05, 0) is 51.4 Å². The van der Waals surface area contributed by atoms with Crippen molar-refractivity contribution in [3.8, 4) is 0 Å². The summed E-state index contributed by atoms with van der Waals surface area (Å²) in [5.74, 6) is -3.79. The number of rotatable bonds is 25. The molecule has 16 atom stereocenters. The minimum absolute atomic E-state index is 0.0158. The fourth-order valence-corrected chi connectivity index (χ4v) is 10.2. The lowest BCUT2D eigenvalue weighted by Gasteiger charge is -2.52. The molecule has 2 saturated carbocycles. The lowest BCUT2D eigenvalue weighted by Crippen LogP contribution is -2.69. The number of benzene rings is 1. The van der Waals surface area contributed by atoms with Gasteiger partial charge in [0.05, 0.1) is 30.8 Å². The van der Waals surface area contributed by atoms with Gasteiger partial charge in [0.2, 0.25) is 5.91 Å². The van der Waals surface area contributed by atoms with Crippen LogP contribution in [-0.2, 0) is 61.8 Å². The molecule has 16 heteroatoms. The van der Waals surface area contributed by atoms with Gasteiger partial charge in [-0.25, -0.2) is 4.79 Å². The molecule has 0 spiro atoms. The largest absolute Gasteiger partial charge is 0.481 e. The van der Waals surface area contributed by atoms with Crippen LogP contribution in [0.3, 0.4) is 0 Å². The summed E-state index contributed by atoms with van der Waals surface area (Å²) in [4.78, 5) is 39.1. The molecule has 378 valence electrons. The molecular weight excluding hydrogens is 867 g/mol. The number of carbonyl (C=O) groups is 3. The average Bonchev–Trinajstić information content (AvgIpc) is 3.32. The number of aliphatic carboxylic acids is 2. The van der Waals surface area contributed by atoms with Crippen molar-refractivity contribution in [1.29, 1.82) is 0 Å². The summed E-state index contributed by atoms with van der Waals surface area (Å²) >= 11 is 0. The van der Waals surface area contributed by atoms with Crippen LogP contribution < -0.4 is 5.32 Å². The van der Waals surface area contributed by atoms with Gasteiger partial charge in [-0.2, -0.15) is 0 Å². The first-order chi connectivity index (χ1) is 32.5. The molecule has 0 radical (unpaired) electrons. The van der Waals surface area contributed by atoms with Crippen molar-refractivity contribution in [2.45, 2.75) is 210 Å². The molecule has 5 fully saturated rings. The van der Waals surface area contributed by atoms with Crippen LogP contribution in [0.25, 0.3) is 0 Å². The lowest BCUT2D eigenvalue weighted by molar-refractivity contribution is -0.368. The van der Waals surface area contributed by atoms with Crippen LogP contribution in [-0.4, -0.2) is 134 Å². The Morgan fingerprint density at radius 3 is 2.07 bits per heavy atom. The highest BCUT2D eigenvalue weighted by atomic mass is 16.8. The highest BCUT2D eigenvalue weighted by Gasteiger charge is 2.56. The van der Waals surface area contributed by atoms with Crippen molar-refractivity contribution in [3.63, 3.8) is 0 Å². The summed E-state index contributed by atoms with van der Waals surface area (Å²) < 4.78 is 66.7. The van der Waals surface area contributed by atoms with Gasteiger partial charge in [0.1, 0.15) is 42.7 Å². The number of carbonyl (C=O) groups excluding carboxylic acids is 1. The number of amides is 1. The van der Waals surface area contributed by atoms with Crippen LogP contribution in [0.5, 0.6) is 0 Å². The van der Waals surface area contributed by atoms with E-state index in [9.17, 15) is 24.6 Å². The van der Waals surface area contributed by atoms with Crippen LogP contribution in [0.1, 0.15) is 136 Å². The second-order valence-electron chi connectivity index (χ2n) is 19.1. The SMILES string of the molecule is C=C[C@@H]1CC(C(=O)O)C[C@@H](O[C@@H]2O[C@H]3COC(c4ccccc4)O[C@@H]3C(O[C@@H](CC3CCCCC3)C(=O)O)C2NC(C)=O)C1OC1O[C@@H](C)C(OCCCC)[C@H](OCCCC)[C@@H]1OCCCC. The van der Waals surface area contributed by atoms with Gasteiger partial charge >= 0.3 is 11.9 Å². The van der Waals surface area contributed by atoms with Crippen LogP contribution >= 0.6 is 0 Å². The quantitative estimate of drug-likeness (QED) is 0.0643. The minimum Gasteiger partial charge on any atom is -0.481 e. The molecule has 67 heavy (non-hydrogen) atoms. The topological polar surface area (TPSA) is 196 Å². The van der Waals surface area contributed by atoms with Gasteiger partial charge in [-0.1, -0.05) is 109 Å². The minimum atomic E-state index is -1.29. The van der Waals surface area contributed by atoms with Crippen LogP contribution in [0.2, 0.25) is 0 Å². The zero-order chi connectivity index (χ0) is 47.9. The fourth-order valence-electron chi connectivity index (χ4n) is 10.2. The van der Waals surface area contributed by atoms with E-state index in [1.165, 1.54) is 6.92 Å². The van der Waals surface area contributed by atoms with Crippen molar-refractivity contribution >= 4 is 17.8 Å². The zero-order valence-electron chi connectivity index (χ0n) is 40.4. The van der Waals surface area contributed by atoms with Crippen molar-refractivity contribution < 1.29 is 72.0 Å². The fraction of sp³-hybridized carbons (Fsp3) is 0.784. The van der Waals surface area contributed by atoms with Gasteiger partial charge in [0.25, 0.3) is 0 Å². The smallest absolute Gasteiger partial charge is 0.332 e. The third-order valence-corrected chi connectivity index (χ3v) is 13.9. The molecule has 1 aromatic rings. The second-order valence-corrected chi connectivity index (χ2v) is 19.1. The standard InChI is InChI=1S/C51H79NO15/c1-7-11-24-58-41-31(5)62-51(46(60-26-13-9-3)45(41)59-25-12-8-2)66-42-34(10-4)28-36(47(54)55)29-37(42)64-50-40(52-32(6)53)44(63-38(48(56)57)27-33-20-16-14-17-21-33)43-39(65-50)30-61-49(67-43)35-22-18-15-19-23-35/h10,15,18-19,22-23,31,33-34,36-46,49-51H,4,7-9,11-14,16-17,20-21,24-30H2,1-3,5-6H3,(H,52,53)(H,54,55)(H,56,57)/t31-,34+,36?,37+,38-,39-,40?,41?,42?,43-,44?,45-,46-,49?,50+,51?/m0/s1. The maximum Gasteiger partial charge on any atom is 0.332 e. The van der Waals surface area contributed by atoms with Crippen molar-refractivity contribution in [2.75, 3.05) is 26.4 Å². The highest BCUT2D eigenvalue weighted by molar-refractivity contribution is 5.74. The first-order valence-corrected chi connectivity index (χ1v) is 25.2. The number of carboxylic acids is 2. The molecule has 6 rings (SSSR count). The molecule has 1 amide bonds. The molecule has 3 heterocycles. The predicted octanol–water partition coefficient (Wildman–Crippen LogP) is 7.51. The molecule has 2 aliphatic carbocycles. The number of hydrogen-bond donors (Lipinski definition) is 3.